The Balaban J connectivity index is 1.41. The molecule has 0 bridgehead atoms. The van der Waals surface area contributed by atoms with E-state index < -0.39 is 27.2 Å². The van der Waals surface area contributed by atoms with E-state index in [4.69, 9.17) is 0 Å². The molecule has 0 saturated carbocycles. The SMILES string of the molecule is O=c1c(CCc2ccccc2)c(N2CCN(S(=O)(=O)Cc3ccccc3)CC2)cnn1-c1cc(F)cc(F)c1. The third-order valence-corrected chi connectivity index (χ3v) is 8.67. The van der Waals surface area contributed by atoms with Crippen molar-refractivity contribution in [2.75, 3.05) is 31.1 Å². The molecule has 1 fully saturated rings. The lowest BCUT2D eigenvalue weighted by molar-refractivity contribution is 0.383. The summed E-state index contributed by atoms with van der Waals surface area (Å²) in [7, 11) is -3.50. The third-order valence-electron chi connectivity index (χ3n) is 6.82. The van der Waals surface area contributed by atoms with E-state index in [1.54, 1.807) is 12.1 Å². The van der Waals surface area contributed by atoms with Crippen molar-refractivity contribution >= 4 is 15.7 Å². The zero-order chi connectivity index (χ0) is 27.4. The van der Waals surface area contributed by atoms with Crippen molar-refractivity contribution in [2.24, 2.45) is 0 Å². The van der Waals surface area contributed by atoms with Crippen LogP contribution in [0.5, 0.6) is 0 Å². The van der Waals surface area contributed by atoms with Crippen molar-refractivity contribution in [2.45, 2.75) is 18.6 Å². The molecule has 0 spiro atoms. The molecule has 39 heavy (non-hydrogen) atoms. The fourth-order valence-electron chi connectivity index (χ4n) is 4.83. The summed E-state index contributed by atoms with van der Waals surface area (Å²) in [6, 6.07) is 21.6. The number of rotatable bonds is 8. The first kappa shape index (κ1) is 26.7. The van der Waals surface area contributed by atoms with Crippen LogP contribution in [0.4, 0.5) is 14.5 Å². The van der Waals surface area contributed by atoms with Crippen LogP contribution in [0.3, 0.4) is 0 Å². The van der Waals surface area contributed by atoms with Gasteiger partial charge >= 0.3 is 0 Å². The number of anilines is 1. The van der Waals surface area contributed by atoms with E-state index in [0.29, 0.717) is 37.2 Å². The van der Waals surface area contributed by atoms with Crippen molar-refractivity contribution < 1.29 is 17.2 Å². The number of halogens is 2. The molecule has 4 aromatic rings. The van der Waals surface area contributed by atoms with Crippen LogP contribution in [-0.4, -0.2) is 48.7 Å². The van der Waals surface area contributed by atoms with Gasteiger partial charge in [0.2, 0.25) is 10.0 Å². The number of nitrogens with zero attached hydrogens (tertiary/aromatic N) is 4. The minimum Gasteiger partial charge on any atom is -0.367 e. The number of benzene rings is 3. The van der Waals surface area contributed by atoms with Gasteiger partial charge in [-0.1, -0.05) is 60.7 Å². The average molecular weight is 551 g/mol. The molecule has 1 aliphatic rings. The minimum atomic E-state index is -3.50. The Morgan fingerprint density at radius 2 is 1.36 bits per heavy atom. The van der Waals surface area contributed by atoms with Crippen LogP contribution in [-0.2, 0) is 28.6 Å². The quantitative estimate of drug-likeness (QED) is 0.332. The van der Waals surface area contributed by atoms with Gasteiger partial charge in [0.25, 0.3) is 5.56 Å². The molecule has 0 radical (unpaired) electrons. The van der Waals surface area contributed by atoms with Gasteiger partial charge in [-0.15, -0.1) is 0 Å². The number of aromatic nitrogens is 2. The Labute approximate surface area is 226 Å². The van der Waals surface area contributed by atoms with Gasteiger partial charge in [-0.05, 0) is 36.1 Å². The van der Waals surface area contributed by atoms with Gasteiger partial charge in [-0.2, -0.15) is 14.1 Å². The van der Waals surface area contributed by atoms with Gasteiger partial charge in [-0.3, -0.25) is 4.79 Å². The number of hydrogen-bond donors (Lipinski definition) is 0. The Kier molecular flexibility index (Phi) is 7.85. The smallest absolute Gasteiger partial charge is 0.276 e. The van der Waals surface area contributed by atoms with E-state index in [0.717, 1.165) is 34.0 Å². The Bertz CT molecular complexity index is 1580. The summed E-state index contributed by atoms with van der Waals surface area (Å²) in [6.45, 7) is 1.30. The molecular formula is C29H28F2N4O3S. The molecule has 1 saturated heterocycles. The number of piperazine rings is 1. The monoisotopic (exact) mass is 550 g/mol. The lowest BCUT2D eigenvalue weighted by Crippen LogP contribution is -2.49. The van der Waals surface area contributed by atoms with Crippen molar-refractivity contribution in [3.05, 3.63) is 124 Å². The van der Waals surface area contributed by atoms with Crippen LogP contribution in [0, 0.1) is 11.6 Å². The Hall–Kier alpha value is -3.89. The molecule has 1 aliphatic heterocycles. The van der Waals surface area contributed by atoms with Crippen LogP contribution in [0.15, 0.2) is 89.9 Å². The van der Waals surface area contributed by atoms with Crippen LogP contribution >= 0.6 is 0 Å². The lowest BCUT2D eigenvalue weighted by atomic mass is 10.0. The van der Waals surface area contributed by atoms with Crippen molar-refractivity contribution in [3.63, 3.8) is 0 Å². The second kappa shape index (κ2) is 11.5. The summed E-state index contributed by atoms with van der Waals surface area (Å²) in [5.74, 6) is -1.68. The summed E-state index contributed by atoms with van der Waals surface area (Å²) < 4.78 is 56.3. The third kappa shape index (κ3) is 6.23. The maximum atomic E-state index is 13.9. The Morgan fingerprint density at radius 1 is 0.769 bits per heavy atom. The van der Waals surface area contributed by atoms with Crippen molar-refractivity contribution in [1.29, 1.82) is 0 Å². The second-order valence-corrected chi connectivity index (χ2v) is 11.4. The predicted octanol–water partition coefficient (Wildman–Crippen LogP) is 3.95. The zero-order valence-electron chi connectivity index (χ0n) is 21.2. The molecular weight excluding hydrogens is 522 g/mol. The van der Waals surface area contributed by atoms with E-state index >= 15 is 0 Å². The largest absolute Gasteiger partial charge is 0.367 e. The maximum Gasteiger partial charge on any atom is 0.276 e. The Morgan fingerprint density at radius 3 is 1.97 bits per heavy atom. The van der Waals surface area contributed by atoms with Crippen LogP contribution in [0.2, 0.25) is 0 Å². The number of hydrogen-bond acceptors (Lipinski definition) is 5. The van der Waals surface area contributed by atoms with Crippen LogP contribution in [0.1, 0.15) is 16.7 Å². The average Bonchev–Trinajstić information content (AvgIpc) is 2.92. The molecule has 202 valence electrons. The number of sulfonamides is 1. The molecule has 7 nitrogen and oxygen atoms in total. The highest BCUT2D eigenvalue weighted by Gasteiger charge is 2.29. The van der Waals surface area contributed by atoms with Gasteiger partial charge < -0.3 is 4.90 Å². The summed E-state index contributed by atoms with van der Waals surface area (Å²) in [5, 5.41) is 4.24. The van der Waals surface area contributed by atoms with E-state index in [1.807, 2.05) is 53.4 Å². The normalized spacial score (nSPS) is 14.5. The molecule has 0 N–H and O–H groups in total. The van der Waals surface area contributed by atoms with E-state index in [9.17, 15) is 22.0 Å². The van der Waals surface area contributed by atoms with Gasteiger partial charge in [0.05, 0.1) is 23.3 Å². The molecule has 0 aliphatic carbocycles. The van der Waals surface area contributed by atoms with Gasteiger partial charge in [0, 0.05) is 37.8 Å². The molecule has 0 unspecified atom stereocenters. The molecule has 10 heteroatoms. The fourth-order valence-corrected chi connectivity index (χ4v) is 6.35. The molecule has 3 aromatic carbocycles. The van der Waals surface area contributed by atoms with Crippen molar-refractivity contribution in [3.8, 4) is 5.69 Å². The van der Waals surface area contributed by atoms with Crippen LogP contribution < -0.4 is 10.5 Å². The first-order valence-electron chi connectivity index (χ1n) is 12.7. The highest BCUT2D eigenvalue weighted by Crippen LogP contribution is 2.23. The predicted molar refractivity (Wildman–Crippen MR) is 146 cm³/mol. The molecule has 0 amide bonds. The highest BCUT2D eigenvalue weighted by atomic mass is 32.2. The summed E-state index contributed by atoms with van der Waals surface area (Å²) in [4.78, 5) is 15.6. The van der Waals surface area contributed by atoms with E-state index in [2.05, 4.69) is 5.10 Å². The molecule has 5 rings (SSSR count). The van der Waals surface area contributed by atoms with Crippen molar-refractivity contribution in [1.82, 2.24) is 14.1 Å². The maximum absolute atomic E-state index is 13.9. The van der Waals surface area contributed by atoms with Gasteiger partial charge in [-0.25, -0.2) is 17.2 Å². The first-order valence-corrected chi connectivity index (χ1v) is 14.3. The van der Waals surface area contributed by atoms with Gasteiger partial charge in [0.1, 0.15) is 11.6 Å². The summed E-state index contributed by atoms with van der Waals surface area (Å²) in [5.41, 5.74) is 2.36. The van der Waals surface area contributed by atoms with Crippen LogP contribution in [0.25, 0.3) is 5.69 Å². The molecule has 2 heterocycles. The first-order chi connectivity index (χ1) is 18.8. The molecule has 1 aromatic heterocycles. The lowest BCUT2D eigenvalue weighted by Gasteiger charge is -2.36. The standard InChI is InChI=1S/C29H28F2N4O3S/c30-24-17-25(31)19-26(18-24)35-29(36)27(12-11-22-7-3-1-4-8-22)28(20-32-35)33-13-15-34(16-14-33)39(37,38)21-23-9-5-2-6-10-23/h1-10,17-20H,11-16,21H2. The summed E-state index contributed by atoms with van der Waals surface area (Å²) >= 11 is 0. The number of aryl methyl sites for hydroxylation is 1. The zero-order valence-corrected chi connectivity index (χ0v) is 22.0. The summed E-state index contributed by atoms with van der Waals surface area (Å²) in [6.07, 6.45) is 2.49. The topological polar surface area (TPSA) is 75.5 Å². The molecule has 0 atom stereocenters. The van der Waals surface area contributed by atoms with Gasteiger partial charge in [0.15, 0.2) is 0 Å². The van der Waals surface area contributed by atoms with E-state index in [-0.39, 0.29) is 24.5 Å². The highest BCUT2D eigenvalue weighted by molar-refractivity contribution is 7.88. The van der Waals surface area contributed by atoms with E-state index in [1.165, 1.54) is 10.5 Å². The fraction of sp³-hybridized carbons (Fsp3) is 0.241. The second-order valence-electron chi connectivity index (χ2n) is 9.47. The minimum absolute atomic E-state index is 0.00170.